The van der Waals surface area contributed by atoms with E-state index in [1.165, 1.54) is 30.3 Å². The molecule has 0 bridgehead atoms. The summed E-state index contributed by atoms with van der Waals surface area (Å²) in [5, 5.41) is -0.189. The molecule has 0 saturated carbocycles. The summed E-state index contributed by atoms with van der Waals surface area (Å²) in [5.41, 5.74) is 1.55. The van der Waals surface area contributed by atoms with Gasteiger partial charge in [-0.25, -0.2) is 22.2 Å². The molecular weight excluding hydrogens is 410 g/mol. The summed E-state index contributed by atoms with van der Waals surface area (Å²) in [5.74, 6) is -0.720. The summed E-state index contributed by atoms with van der Waals surface area (Å²) >= 11 is 5.89. The number of H-pyrrole nitrogens is 1. The zero-order valence-electron chi connectivity index (χ0n) is 15.0. The summed E-state index contributed by atoms with van der Waals surface area (Å²) in [6, 6.07) is 9.82. The molecule has 5 nitrogen and oxygen atoms in total. The fourth-order valence-corrected chi connectivity index (χ4v) is 3.78. The minimum absolute atomic E-state index is 0.0912. The maximum absolute atomic E-state index is 13.6. The zero-order valence-corrected chi connectivity index (χ0v) is 16.6. The molecule has 3 aromatic rings. The Morgan fingerprint density at radius 2 is 1.86 bits per heavy atom. The van der Waals surface area contributed by atoms with Crippen molar-refractivity contribution >= 4 is 21.4 Å². The number of sulfone groups is 1. The highest BCUT2D eigenvalue weighted by Crippen LogP contribution is 2.30. The molecule has 0 spiro atoms. The van der Waals surface area contributed by atoms with Crippen molar-refractivity contribution in [2.24, 2.45) is 0 Å². The van der Waals surface area contributed by atoms with E-state index in [4.69, 9.17) is 16.3 Å². The number of nitrogens with one attached hydrogen (secondary N) is 1. The fraction of sp³-hybridized carbons (Fsp3) is 0.211. The van der Waals surface area contributed by atoms with Crippen molar-refractivity contribution in [3.05, 3.63) is 81.8 Å². The highest BCUT2D eigenvalue weighted by molar-refractivity contribution is 7.90. The Kier molecular flexibility index (Phi) is 5.83. The quantitative estimate of drug-likeness (QED) is 0.635. The number of imidazole rings is 1. The third kappa shape index (κ3) is 4.57. The van der Waals surface area contributed by atoms with E-state index < -0.39 is 21.8 Å². The first-order valence-corrected chi connectivity index (χ1v) is 10.5. The molecular formula is C19H17ClF2N2O3S. The number of rotatable bonds is 6. The van der Waals surface area contributed by atoms with Gasteiger partial charge < -0.3 is 9.72 Å². The van der Waals surface area contributed by atoms with E-state index in [1.807, 2.05) is 0 Å². The van der Waals surface area contributed by atoms with Crippen LogP contribution in [0.5, 0.6) is 0 Å². The van der Waals surface area contributed by atoms with Gasteiger partial charge in [0.15, 0.2) is 14.9 Å². The van der Waals surface area contributed by atoms with Gasteiger partial charge >= 0.3 is 0 Å². The molecule has 2 aromatic carbocycles. The predicted molar refractivity (Wildman–Crippen MR) is 101 cm³/mol. The molecule has 0 saturated heterocycles. The highest BCUT2D eigenvalue weighted by atomic mass is 35.5. The summed E-state index contributed by atoms with van der Waals surface area (Å²) in [6.45, 7) is 1.68. The van der Waals surface area contributed by atoms with Crippen LogP contribution in [0.2, 0.25) is 5.02 Å². The van der Waals surface area contributed by atoms with Crippen molar-refractivity contribution in [1.29, 1.82) is 0 Å². The number of hydrogen-bond donors (Lipinski definition) is 1. The molecule has 0 aliphatic rings. The minimum atomic E-state index is -3.54. The second kappa shape index (κ2) is 7.98. The molecule has 0 radical (unpaired) electrons. The SMILES string of the molecule is Cc1[nH]c([C@@H](OCc2ccc(F)cc2)c2ccc(F)c(Cl)c2)nc1S(C)(=O)=O. The van der Waals surface area contributed by atoms with Gasteiger partial charge in [0.05, 0.1) is 17.3 Å². The van der Waals surface area contributed by atoms with Gasteiger partial charge in [0.25, 0.3) is 0 Å². The smallest absolute Gasteiger partial charge is 0.194 e. The summed E-state index contributed by atoms with van der Waals surface area (Å²) in [6.07, 6.45) is 0.223. The van der Waals surface area contributed by atoms with Crippen LogP contribution in [-0.4, -0.2) is 24.6 Å². The molecule has 3 rings (SSSR count). The molecule has 0 aliphatic heterocycles. The largest absolute Gasteiger partial charge is 0.361 e. The lowest BCUT2D eigenvalue weighted by Crippen LogP contribution is -2.09. The zero-order chi connectivity index (χ0) is 20.5. The number of hydrogen-bond acceptors (Lipinski definition) is 4. The monoisotopic (exact) mass is 426 g/mol. The van der Waals surface area contributed by atoms with Crippen LogP contribution in [0.4, 0.5) is 8.78 Å². The van der Waals surface area contributed by atoms with Crippen LogP contribution >= 0.6 is 11.6 Å². The molecule has 0 amide bonds. The number of nitrogens with zero attached hydrogens (tertiary/aromatic N) is 1. The van der Waals surface area contributed by atoms with Crippen LogP contribution in [0, 0.1) is 18.6 Å². The van der Waals surface area contributed by atoms with Crippen LogP contribution in [0.15, 0.2) is 47.5 Å². The van der Waals surface area contributed by atoms with E-state index >= 15 is 0 Å². The minimum Gasteiger partial charge on any atom is -0.361 e. The van der Waals surface area contributed by atoms with Crippen LogP contribution in [0.1, 0.15) is 28.7 Å². The van der Waals surface area contributed by atoms with Crippen LogP contribution in [0.3, 0.4) is 0 Å². The first kappa shape index (κ1) is 20.4. The van der Waals surface area contributed by atoms with Gasteiger partial charge in [-0.2, -0.15) is 0 Å². The molecule has 1 N–H and O–H groups in total. The van der Waals surface area contributed by atoms with Crippen molar-refractivity contribution in [2.45, 2.75) is 24.7 Å². The number of aryl methyl sites for hydroxylation is 1. The maximum atomic E-state index is 13.6. The lowest BCUT2D eigenvalue weighted by molar-refractivity contribution is 0.0613. The summed E-state index contributed by atoms with van der Waals surface area (Å²) in [7, 11) is -3.54. The van der Waals surface area contributed by atoms with E-state index in [9.17, 15) is 17.2 Å². The first-order chi connectivity index (χ1) is 13.1. The average molecular weight is 427 g/mol. The van der Waals surface area contributed by atoms with E-state index in [2.05, 4.69) is 9.97 Å². The number of halogens is 3. The van der Waals surface area contributed by atoms with Crippen LogP contribution in [-0.2, 0) is 21.2 Å². The molecule has 0 aliphatic carbocycles. The third-order valence-electron chi connectivity index (χ3n) is 4.03. The van der Waals surface area contributed by atoms with Gasteiger partial charge in [-0.3, -0.25) is 0 Å². The van der Waals surface area contributed by atoms with E-state index in [1.54, 1.807) is 19.1 Å². The van der Waals surface area contributed by atoms with Crippen molar-refractivity contribution in [3.63, 3.8) is 0 Å². The number of aromatic nitrogens is 2. The molecule has 148 valence electrons. The predicted octanol–water partition coefficient (Wildman–Crippen LogP) is 4.36. The Morgan fingerprint density at radius 1 is 1.18 bits per heavy atom. The molecule has 28 heavy (non-hydrogen) atoms. The number of benzene rings is 2. The van der Waals surface area contributed by atoms with Crippen molar-refractivity contribution in [2.75, 3.05) is 6.26 Å². The normalized spacial score (nSPS) is 12.9. The summed E-state index contributed by atoms with van der Waals surface area (Å²) < 4.78 is 56.4. The van der Waals surface area contributed by atoms with E-state index in [0.717, 1.165) is 6.26 Å². The Hall–Kier alpha value is -2.29. The van der Waals surface area contributed by atoms with Crippen molar-refractivity contribution in [3.8, 4) is 0 Å². The number of aromatic amines is 1. The lowest BCUT2D eigenvalue weighted by Gasteiger charge is -2.17. The Labute approximate surface area is 166 Å². The van der Waals surface area contributed by atoms with Gasteiger partial charge in [0.2, 0.25) is 0 Å². The van der Waals surface area contributed by atoms with Gasteiger partial charge in [-0.1, -0.05) is 29.8 Å². The topological polar surface area (TPSA) is 72.0 Å². The van der Waals surface area contributed by atoms with Crippen molar-refractivity contribution in [1.82, 2.24) is 9.97 Å². The first-order valence-electron chi connectivity index (χ1n) is 8.22. The fourth-order valence-electron chi connectivity index (χ4n) is 2.72. The van der Waals surface area contributed by atoms with Gasteiger partial charge in [-0.15, -0.1) is 0 Å². The van der Waals surface area contributed by atoms with E-state index in [0.29, 0.717) is 16.8 Å². The molecule has 1 heterocycles. The maximum Gasteiger partial charge on any atom is 0.194 e. The number of ether oxygens (including phenoxy) is 1. The highest BCUT2D eigenvalue weighted by Gasteiger charge is 2.24. The lowest BCUT2D eigenvalue weighted by atomic mass is 10.1. The van der Waals surface area contributed by atoms with E-state index in [-0.39, 0.29) is 28.3 Å². The average Bonchev–Trinajstić information content (AvgIpc) is 3.01. The molecule has 1 atom stereocenters. The summed E-state index contributed by atoms with van der Waals surface area (Å²) in [4.78, 5) is 7.09. The van der Waals surface area contributed by atoms with Crippen molar-refractivity contribution < 1.29 is 21.9 Å². The Balaban J connectivity index is 1.98. The molecule has 0 unspecified atom stereocenters. The van der Waals surface area contributed by atoms with Crippen LogP contribution < -0.4 is 0 Å². The van der Waals surface area contributed by atoms with Crippen LogP contribution in [0.25, 0.3) is 0 Å². The third-order valence-corrected chi connectivity index (χ3v) is 5.42. The second-order valence-electron chi connectivity index (χ2n) is 6.32. The Bertz CT molecular complexity index is 1100. The van der Waals surface area contributed by atoms with Gasteiger partial charge in [0.1, 0.15) is 23.6 Å². The molecule has 0 fully saturated rings. The van der Waals surface area contributed by atoms with Gasteiger partial charge in [0, 0.05) is 6.26 Å². The Morgan fingerprint density at radius 3 is 2.43 bits per heavy atom. The van der Waals surface area contributed by atoms with Gasteiger partial charge in [-0.05, 0) is 42.3 Å². The standard InChI is InChI=1S/C19H17ClF2N2O3S/c1-11-19(28(2,25)26)24-18(23-11)17(13-5-8-16(22)15(20)9-13)27-10-12-3-6-14(21)7-4-12/h3-9,17H,10H2,1-2H3,(H,23,24)/t17-/m0/s1. The molecule has 1 aromatic heterocycles. The molecule has 9 heteroatoms. The second-order valence-corrected chi connectivity index (χ2v) is 8.65.